The number of anilines is 1. The van der Waals surface area contributed by atoms with Gasteiger partial charge in [-0.1, -0.05) is 12.5 Å². The number of fused-ring (bicyclic) bond motifs is 1. The lowest BCUT2D eigenvalue weighted by atomic mass is 9.84. The van der Waals surface area contributed by atoms with Gasteiger partial charge in [0.2, 0.25) is 5.91 Å². The van der Waals surface area contributed by atoms with Gasteiger partial charge in [0.25, 0.3) is 0 Å². The average molecular weight is 385 g/mol. The second kappa shape index (κ2) is 8.64. The van der Waals surface area contributed by atoms with Crippen molar-refractivity contribution >= 4 is 22.5 Å². The Bertz CT molecular complexity index is 812. The number of carbonyl (C=O) groups excluding carboxylic acids is 1. The van der Waals surface area contributed by atoms with Crippen LogP contribution in [0.1, 0.15) is 19.3 Å². The molecule has 1 N–H and O–H groups in total. The maximum absolute atomic E-state index is 13.0. The van der Waals surface area contributed by atoms with E-state index in [1.165, 1.54) is 24.6 Å². The average Bonchev–Trinajstić information content (AvgIpc) is 3.05. The first kappa shape index (κ1) is 19.4. The normalized spacial score (nSPS) is 21.2. The summed E-state index contributed by atoms with van der Waals surface area (Å²) in [6, 6.07) is 8.11. The second-order valence-electron chi connectivity index (χ2n) is 8.46. The van der Waals surface area contributed by atoms with Gasteiger partial charge in [0.15, 0.2) is 0 Å². The molecule has 4 rings (SSSR count). The first-order valence-corrected chi connectivity index (χ1v) is 10.5. The van der Waals surface area contributed by atoms with E-state index >= 15 is 0 Å². The van der Waals surface area contributed by atoms with Crippen molar-refractivity contribution in [1.29, 1.82) is 0 Å². The number of rotatable bonds is 7. The summed E-state index contributed by atoms with van der Waals surface area (Å²) in [6.07, 6.45) is 6.05. The summed E-state index contributed by atoms with van der Waals surface area (Å²) in [6.45, 7) is 4.99. The lowest BCUT2D eigenvalue weighted by Gasteiger charge is -2.39. The lowest BCUT2D eigenvalue weighted by Crippen LogP contribution is -2.53. The molecule has 0 spiro atoms. The molecule has 1 aliphatic heterocycles. The maximum atomic E-state index is 13.0. The number of morpholine rings is 1. The van der Waals surface area contributed by atoms with E-state index in [4.69, 9.17) is 4.74 Å². The van der Waals surface area contributed by atoms with E-state index in [1.807, 2.05) is 6.07 Å². The smallest absolute Gasteiger partial charge is 0.244 e. The fourth-order valence-electron chi connectivity index (χ4n) is 4.10. The zero-order valence-electron chi connectivity index (χ0n) is 17.1. The minimum absolute atomic E-state index is 0.0461. The van der Waals surface area contributed by atoms with Gasteiger partial charge in [-0.25, -0.2) is 0 Å². The van der Waals surface area contributed by atoms with Crippen molar-refractivity contribution in [2.24, 2.45) is 5.92 Å². The Labute approximate surface area is 167 Å². The Kier molecular flexibility index (Phi) is 5.99. The van der Waals surface area contributed by atoms with Crippen LogP contribution < -0.4 is 5.32 Å². The van der Waals surface area contributed by atoms with E-state index in [1.54, 1.807) is 0 Å². The molecule has 28 heavy (non-hydrogen) atoms. The highest BCUT2D eigenvalue weighted by Crippen LogP contribution is 2.28. The molecule has 1 aromatic heterocycles. The molecule has 2 fully saturated rings. The predicted octanol–water partition coefficient (Wildman–Crippen LogP) is 2.64. The molecule has 6 nitrogen and oxygen atoms in total. The summed E-state index contributed by atoms with van der Waals surface area (Å²) >= 11 is 0. The number of hydrogen-bond acceptors (Lipinski definition) is 4. The molecule has 0 radical (unpaired) electrons. The van der Waals surface area contributed by atoms with Gasteiger partial charge in [0.1, 0.15) is 6.04 Å². The van der Waals surface area contributed by atoms with Crippen LogP contribution in [0.3, 0.4) is 0 Å². The summed E-state index contributed by atoms with van der Waals surface area (Å²) in [5, 5.41) is 4.34. The zero-order valence-corrected chi connectivity index (χ0v) is 17.1. The van der Waals surface area contributed by atoms with Crippen LogP contribution in [0.4, 0.5) is 5.69 Å². The lowest BCUT2D eigenvalue weighted by molar-refractivity contribution is -0.128. The van der Waals surface area contributed by atoms with Crippen molar-refractivity contribution in [3.8, 4) is 0 Å². The van der Waals surface area contributed by atoms with Crippen molar-refractivity contribution < 1.29 is 9.53 Å². The molecule has 1 aliphatic carbocycles. The standard InChI is InChI=1S/C22H32N4O2/c1-24(2)10-11-25-9-8-18-6-7-19(14-20(18)25)23-22(27)21-16-28-13-12-26(21)15-17-4-3-5-17/h6-9,14,17,21H,3-5,10-13,15-16H2,1-2H3,(H,23,27). The van der Waals surface area contributed by atoms with Crippen LogP contribution in [-0.4, -0.2) is 73.3 Å². The van der Waals surface area contributed by atoms with Crippen molar-refractivity contribution in [1.82, 2.24) is 14.4 Å². The highest BCUT2D eigenvalue weighted by atomic mass is 16.5. The Morgan fingerprint density at radius 1 is 1.29 bits per heavy atom. The molecular weight excluding hydrogens is 352 g/mol. The highest BCUT2D eigenvalue weighted by molar-refractivity contribution is 5.97. The third-order valence-corrected chi connectivity index (χ3v) is 6.09. The molecule has 1 amide bonds. The number of ether oxygens (including phenoxy) is 1. The number of likely N-dealkylation sites (N-methyl/N-ethyl adjacent to an activating group) is 1. The SMILES string of the molecule is CN(C)CCn1ccc2ccc(NC(=O)C3COCCN3CC3CCC3)cc21. The third kappa shape index (κ3) is 4.40. The summed E-state index contributed by atoms with van der Waals surface area (Å²) in [4.78, 5) is 17.5. The van der Waals surface area contributed by atoms with Crippen molar-refractivity contribution in [3.05, 3.63) is 30.5 Å². The topological polar surface area (TPSA) is 49.7 Å². The molecular formula is C22H32N4O2. The molecule has 2 aromatic rings. The molecule has 1 unspecified atom stereocenters. The summed E-state index contributed by atoms with van der Waals surface area (Å²) < 4.78 is 7.87. The largest absolute Gasteiger partial charge is 0.378 e. The van der Waals surface area contributed by atoms with Crippen LogP contribution in [0.2, 0.25) is 0 Å². The first-order valence-electron chi connectivity index (χ1n) is 10.5. The quantitative estimate of drug-likeness (QED) is 0.797. The molecule has 1 atom stereocenters. The Hall–Kier alpha value is -1.89. The molecule has 1 saturated heterocycles. The van der Waals surface area contributed by atoms with Gasteiger partial charge in [-0.15, -0.1) is 0 Å². The summed E-state index contributed by atoms with van der Waals surface area (Å²) in [5.74, 6) is 0.800. The number of nitrogens with one attached hydrogen (secondary N) is 1. The summed E-state index contributed by atoms with van der Waals surface area (Å²) in [5.41, 5.74) is 2.02. The molecule has 0 bridgehead atoms. The van der Waals surface area contributed by atoms with Crippen LogP contribution in [0.25, 0.3) is 10.9 Å². The second-order valence-corrected chi connectivity index (χ2v) is 8.46. The Balaban J connectivity index is 1.45. The van der Waals surface area contributed by atoms with Crippen LogP contribution in [0, 0.1) is 5.92 Å². The molecule has 152 valence electrons. The van der Waals surface area contributed by atoms with E-state index in [9.17, 15) is 4.79 Å². The highest BCUT2D eigenvalue weighted by Gasteiger charge is 2.32. The Morgan fingerprint density at radius 2 is 2.14 bits per heavy atom. The fourth-order valence-corrected chi connectivity index (χ4v) is 4.10. The number of carbonyl (C=O) groups is 1. The third-order valence-electron chi connectivity index (χ3n) is 6.09. The molecule has 2 heterocycles. The van der Waals surface area contributed by atoms with Crippen LogP contribution in [0.5, 0.6) is 0 Å². The maximum Gasteiger partial charge on any atom is 0.244 e. The van der Waals surface area contributed by atoms with E-state index in [0.29, 0.717) is 6.61 Å². The van der Waals surface area contributed by atoms with Gasteiger partial charge in [-0.3, -0.25) is 9.69 Å². The minimum Gasteiger partial charge on any atom is -0.378 e. The van der Waals surface area contributed by atoms with Gasteiger partial charge in [-0.2, -0.15) is 0 Å². The van der Waals surface area contributed by atoms with Gasteiger partial charge in [0, 0.05) is 38.1 Å². The van der Waals surface area contributed by atoms with E-state index in [-0.39, 0.29) is 11.9 Å². The van der Waals surface area contributed by atoms with Crippen LogP contribution >= 0.6 is 0 Å². The molecule has 1 aromatic carbocycles. The van der Waals surface area contributed by atoms with E-state index in [2.05, 4.69) is 58.2 Å². The number of aromatic nitrogens is 1. The number of benzene rings is 1. The number of hydrogen-bond donors (Lipinski definition) is 1. The van der Waals surface area contributed by atoms with Crippen LogP contribution in [0.15, 0.2) is 30.5 Å². The number of amides is 1. The molecule has 6 heteroatoms. The minimum atomic E-state index is -0.189. The van der Waals surface area contributed by atoms with Crippen molar-refractivity contribution in [2.45, 2.75) is 31.8 Å². The Morgan fingerprint density at radius 3 is 2.89 bits per heavy atom. The van der Waals surface area contributed by atoms with E-state index in [0.717, 1.165) is 49.9 Å². The van der Waals surface area contributed by atoms with Gasteiger partial charge >= 0.3 is 0 Å². The molecule has 1 saturated carbocycles. The van der Waals surface area contributed by atoms with Gasteiger partial charge in [-0.05, 0) is 56.4 Å². The van der Waals surface area contributed by atoms with E-state index < -0.39 is 0 Å². The fraction of sp³-hybridized carbons (Fsp3) is 0.591. The summed E-state index contributed by atoms with van der Waals surface area (Å²) in [7, 11) is 4.16. The zero-order chi connectivity index (χ0) is 19.5. The van der Waals surface area contributed by atoms with Gasteiger partial charge < -0.3 is 19.5 Å². The van der Waals surface area contributed by atoms with Crippen molar-refractivity contribution in [2.75, 3.05) is 52.3 Å². The van der Waals surface area contributed by atoms with Gasteiger partial charge in [0.05, 0.1) is 18.7 Å². The van der Waals surface area contributed by atoms with Crippen LogP contribution in [-0.2, 0) is 16.1 Å². The molecule has 2 aliphatic rings. The number of nitrogens with zero attached hydrogens (tertiary/aromatic N) is 3. The first-order chi connectivity index (χ1) is 13.6. The predicted molar refractivity (Wildman–Crippen MR) is 113 cm³/mol. The van der Waals surface area contributed by atoms with Crippen molar-refractivity contribution in [3.63, 3.8) is 0 Å². The monoisotopic (exact) mass is 384 g/mol.